The Balaban J connectivity index is 1.73. The third-order valence-electron chi connectivity index (χ3n) is 4.22. The summed E-state index contributed by atoms with van der Waals surface area (Å²) < 4.78 is 5.10. The number of piperidine rings is 2. The molecule has 0 saturated carbocycles. The van der Waals surface area contributed by atoms with Crippen LogP contribution in [0.25, 0.3) is 0 Å². The Morgan fingerprint density at radius 1 is 1.11 bits per heavy atom. The molecule has 0 unspecified atom stereocenters. The first-order chi connectivity index (χ1) is 8.81. The maximum atomic E-state index is 12.4. The Hall–Kier alpha value is -0.610. The van der Waals surface area contributed by atoms with Gasteiger partial charge in [0.05, 0.1) is 6.61 Å². The van der Waals surface area contributed by atoms with E-state index in [9.17, 15) is 4.79 Å². The second-order valence-corrected chi connectivity index (χ2v) is 5.49. The molecule has 0 aromatic rings. The number of amides is 1. The van der Waals surface area contributed by atoms with E-state index >= 15 is 0 Å². The largest absolute Gasteiger partial charge is 0.383 e. The van der Waals surface area contributed by atoms with Crippen LogP contribution in [0.2, 0.25) is 0 Å². The Labute approximate surface area is 110 Å². The molecular weight excluding hydrogens is 228 g/mol. The molecule has 4 nitrogen and oxygen atoms in total. The first kappa shape index (κ1) is 13.8. The molecule has 0 atom stereocenters. The van der Waals surface area contributed by atoms with E-state index in [1.54, 1.807) is 7.11 Å². The number of carbonyl (C=O) groups is 1. The summed E-state index contributed by atoms with van der Waals surface area (Å²) in [5.41, 5.74) is 0. The van der Waals surface area contributed by atoms with Crippen molar-refractivity contribution in [3.63, 3.8) is 0 Å². The number of ether oxygens (including phenoxy) is 1. The van der Waals surface area contributed by atoms with Gasteiger partial charge in [0.1, 0.15) is 0 Å². The zero-order valence-electron chi connectivity index (χ0n) is 11.6. The number of methoxy groups -OCH3 is 1. The van der Waals surface area contributed by atoms with Crippen LogP contribution in [0.5, 0.6) is 0 Å². The first-order valence-electron chi connectivity index (χ1n) is 7.31. The Kier molecular flexibility index (Phi) is 5.45. The Bertz CT molecular complexity index is 257. The minimum atomic E-state index is 0.280. The van der Waals surface area contributed by atoms with E-state index in [1.807, 2.05) is 0 Å². The monoisotopic (exact) mass is 254 g/mol. The van der Waals surface area contributed by atoms with Crippen molar-refractivity contribution in [3.8, 4) is 0 Å². The zero-order valence-corrected chi connectivity index (χ0v) is 11.6. The van der Waals surface area contributed by atoms with Crippen LogP contribution in [-0.4, -0.2) is 62.1 Å². The smallest absolute Gasteiger partial charge is 0.225 e. The second-order valence-electron chi connectivity index (χ2n) is 5.49. The summed E-state index contributed by atoms with van der Waals surface area (Å²) >= 11 is 0. The summed E-state index contributed by atoms with van der Waals surface area (Å²) in [4.78, 5) is 16.9. The number of rotatable bonds is 4. The summed E-state index contributed by atoms with van der Waals surface area (Å²) in [5.74, 6) is 0.697. The molecule has 0 bridgehead atoms. The number of likely N-dealkylation sites (tertiary alicyclic amines) is 2. The average Bonchev–Trinajstić information content (AvgIpc) is 2.46. The SMILES string of the molecule is COCCN1CCC(C(=O)N2CCCCC2)CC1. The third kappa shape index (κ3) is 3.69. The first-order valence-corrected chi connectivity index (χ1v) is 7.31. The van der Waals surface area contributed by atoms with E-state index in [4.69, 9.17) is 4.74 Å². The molecule has 2 aliphatic rings. The Morgan fingerprint density at radius 3 is 2.39 bits per heavy atom. The molecule has 0 aliphatic carbocycles. The van der Waals surface area contributed by atoms with E-state index in [-0.39, 0.29) is 5.92 Å². The van der Waals surface area contributed by atoms with Crippen LogP contribution in [0, 0.1) is 5.92 Å². The lowest BCUT2D eigenvalue weighted by atomic mass is 9.94. The summed E-state index contributed by atoms with van der Waals surface area (Å²) in [6.45, 7) is 5.87. The molecule has 2 heterocycles. The van der Waals surface area contributed by atoms with Gasteiger partial charge in [-0.25, -0.2) is 0 Å². The van der Waals surface area contributed by atoms with Crippen LogP contribution in [0.3, 0.4) is 0 Å². The molecule has 0 spiro atoms. The van der Waals surface area contributed by atoms with Crippen LogP contribution in [0.4, 0.5) is 0 Å². The lowest BCUT2D eigenvalue weighted by Crippen LogP contribution is -2.44. The van der Waals surface area contributed by atoms with Gasteiger partial charge in [-0.1, -0.05) is 0 Å². The fourth-order valence-corrected chi connectivity index (χ4v) is 3.00. The van der Waals surface area contributed by atoms with Crippen molar-refractivity contribution in [1.29, 1.82) is 0 Å². The van der Waals surface area contributed by atoms with Gasteiger partial charge in [-0.2, -0.15) is 0 Å². The molecule has 2 rings (SSSR count). The van der Waals surface area contributed by atoms with Crippen LogP contribution in [0.1, 0.15) is 32.1 Å². The molecular formula is C14H26N2O2. The molecule has 0 radical (unpaired) electrons. The van der Waals surface area contributed by atoms with Crippen molar-refractivity contribution in [3.05, 3.63) is 0 Å². The minimum Gasteiger partial charge on any atom is -0.383 e. The van der Waals surface area contributed by atoms with Crippen LogP contribution in [-0.2, 0) is 9.53 Å². The summed E-state index contributed by atoms with van der Waals surface area (Å²) in [5, 5.41) is 0. The zero-order chi connectivity index (χ0) is 12.8. The van der Waals surface area contributed by atoms with Gasteiger partial charge in [0.25, 0.3) is 0 Å². The van der Waals surface area contributed by atoms with E-state index in [2.05, 4.69) is 9.80 Å². The summed E-state index contributed by atoms with van der Waals surface area (Å²) in [7, 11) is 1.74. The maximum absolute atomic E-state index is 12.4. The van der Waals surface area contributed by atoms with Crippen LogP contribution < -0.4 is 0 Å². The summed E-state index contributed by atoms with van der Waals surface area (Å²) in [6.07, 6.45) is 5.73. The standard InChI is InChI=1S/C14H26N2O2/c1-18-12-11-15-9-5-13(6-10-15)14(17)16-7-3-2-4-8-16/h13H,2-12H2,1H3. The highest BCUT2D eigenvalue weighted by Crippen LogP contribution is 2.21. The highest BCUT2D eigenvalue weighted by Gasteiger charge is 2.28. The Morgan fingerprint density at radius 2 is 1.78 bits per heavy atom. The van der Waals surface area contributed by atoms with E-state index < -0.39 is 0 Å². The quantitative estimate of drug-likeness (QED) is 0.759. The predicted octanol–water partition coefficient (Wildman–Crippen LogP) is 1.36. The third-order valence-corrected chi connectivity index (χ3v) is 4.22. The number of hydrogen-bond acceptors (Lipinski definition) is 3. The predicted molar refractivity (Wildman–Crippen MR) is 71.5 cm³/mol. The van der Waals surface area contributed by atoms with Crippen molar-refractivity contribution in [2.75, 3.05) is 46.4 Å². The molecule has 2 aliphatic heterocycles. The molecule has 0 aromatic heterocycles. The van der Waals surface area contributed by atoms with Gasteiger partial charge in [-0.05, 0) is 45.2 Å². The fraction of sp³-hybridized carbons (Fsp3) is 0.929. The van der Waals surface area contributed by atoms with Crippen molar-refractivity contribution >= 4 is 5.91 Å². The molecule has 18 heavy (non-hydrogen) atoms. The van der Waals surface area contributed by atoms with Crippen LogP contribution in [0.15, 0.2) is 0 Å². The van der Waals surface area contributed by atoms with E-state index in [1.165, 1.54) is 19.3 Å². The molecule has 1 amide bonds. The maximum Gasteiger partial charge on any atom is 0.225 e. The van der Waals surface area contributed by atoms with Crippen molar-refractivity contribution in [1.82, 2.24) is 9.80 Å². The highest BCUT2D eigenvalue weighted by atomic mass is 16.5. The number of hydrogen-bond donors (Lipinski definition) is 0. The van der Waals surface area contributed by atoms with Gasteiger partial charge in [0.15, 0.2) is 0 Å². The normalized spacial score (nSPS) is 23.3. The van der Waals surface area contributed by atoms with Gasteiger partial charge in [-0.3, -0.25) is 4.79 Å². The molecule has 2 saturated heterocycles. The van der Waals surface area contributed by atoms with Crippen molar-refractivity contribution in [2.45, 2.75) is 32.1 Å². The molecule has 2 fully saturated rings. The van der Waals surface area contributed by atoms with Crippen LogP contribution >= 0.6 is 0 Å². The lowest BCUT2D eigenvalue weighted by Gasteiger charge is -2.35. The molecule has 0 aromatic carbocycles. The fourth-order valence-electron chi connectivity index (χ4n) is 3.00. The second kappa shape index (κ2) is 7.10. The van der Waals surface area contributed by atoms with E-state index in [0.29, 0.717) is 5.91 Å². The number of nitrogens with zero attached hydrogens (tertiary/aromatic N) is 2. The molecule has 104 valence electrons. The van der Waals surface area contributed by atoms with E-state index in [0.717, 1.165) is 52.2 Å². The van der Waals surface area contributed by atoms with Gasteiger partial charge in [0.2, 0.25) is 5.91 Å². The lowest BCUT2D eigenvalue weighted by molar-refractivity contribution is -0.138. The minimum absolute atomic E-state index is 0.280. The molecule has 0 N–H and O–H groups in total. The highest BCUT2D eigenvalue weighted by molar-refractivity contribution is 5.79. The number of carbonyl (C=O) groups excluding carboxylic acids is 1. The topological polar surface area (TPSA) is 32.8 Å². The van der Waals surface area contributed by atoms with Crippen molar-refractivity contribution < 1.29 is 9.53 Å². The van der Waals surface area contributed by atoms with Gasteiger partial charge >= 0.3 is 0 Å². The van der Waals surface area contributed by atoms with Crippen molar-refractivity contribution in [2.24, 2.45) is 5.92 Å². The van der Waals surface area contributed by atoms with Gasteiger partial charge in [0, 0.05) is 32.7 Å². The van der Waals surface area contributed by atoms with Gasteiger partial charge in [-0.15, -0.1) is 0 Å². The average molecular weight is 254 g/mol. The van der Waals surface area contributed by atoms with Gasteiger partial charge < -0.3 is 14.5 Å². The molecule has 4 heteroatoms. The summed E-state index contributed by atoms with van der Waals surface area (Å²) in [6, 6.07) is 0.